The summed E-state index contributed by atoms with van der Waals surface area (Å²) in [4.78, 5) is 20.9. The van der Waals surface area contributed by atoms with Crippen LogP contribution >= 0.6 is 0 Å². The second kappa shape index (κ2) is 5.76. The van der Waals surface area contributed by atoms with Gasteiger partial charge in [-0.15, -0.1) is 0 Å². The number of aromatic carboxylic acids is 1. The average Bonchev–Trinajstić information content (AvgIpc) is 2.48. The molecule has 0 heterocycles. The molecule has 2 aromatic rings. The molecule has 0 spiro atoms. The molecule has 2 aromatic carbocycles. The Morgan fingerprint density at radius 2 is 1.43 bits per heavy atom. The van der Waals surface area contributed by atoms with E-state index in [1.807, 2.05) is 0 Å². The Morgan fingerprint density at radius 1 is 0.952 bits per heavy atom. The highest BCUT2D eigenvalue weighted by Crippen LogP contribution is 2.23. The van der Waals surface area contributed by atoms with Crippen LogP contribution in [-0.2, 0) is 14.6 Å². The summed E-state index contributed by atoms with van der Waals surface area (Å²) in [7, 11) is -3.75. The van der Waals surface area contributed by atoms with Gasteiger partial charge in [-0.1, -0.05) is 0 Å². The summed E-state index contributed by atoms with van der Waals surface area (Å²) >= 11 is 0. The fraction of sp³-hybridized carbons (Fsp3) is 0. The Balaban J connectivity index is 2.36. The Kier molecular flexibility index (Phi) is 4.04. The molecule has 0 aliphatic rings. The third-order valence-corrected chi connectivity index (χ3v) is 4.52. The first-order chi connectivity index (χ1) is 9.95. The van der Waals surface area contributed by atoms with Crippen LogP contribution in [0.2, 0.25) is 0 Å². The quantitative estimate of drug-likeness (QED) is 0.845. The Bertz CT molecular complexity index is 760. The van der Waals surface area contributed by atoms with Crippen molar-refractivity contribution in [1.29, 1.82) is 0 Å². The van der Waals surface area contributed by atoms with Crippen LogP contribution in [0, 0.1) is 0 Å². The fourth-order valence-electron chi connectivity index (χ4n) is 1.67. The van der Waals surface area contributed by atoms with Crippen LogP contribution in [0.5, 0.6) is 5.75 Å². The summed E-state index contributed by atoms with van der Waals surface area (Å²) in [5.41, 5.74) is 0.00341. The summed E-state index contributed by atoms with van der Waals surface area (Å²) in [5, 5.41) is 8.78. The molecule has 108 valence electrons. The molecular formula is C14H10O6S. The van der Waals surface area contributed by atoms with Gasteiger partial charge in [0.05, 0.1) is 15.4 Å². The van der Waals surface area contributed by atoms with Crippen LogP contribution in [0.4, 0.5) is 0 Å². The second-order valence-electron chi connectivity index (χ2n) is 4.02. The number of carbonyl (C=O) groups excluding carboxylic acids is 1. The van der Waals surface area contributed by atoms with Gasteiger partial charge < -0.3 is 9.84 Å². The van der Waals surface area contributed by atoms with Crippen molar-refractivity contribution < 1.29 is 27.9 Å². The lowest BCUT2D eigenvalue weighted by Crippen LogP contribution is -2.03. The lowest BCUT2D eigenvalue weighted by molar-refractivity contribution is -0.120. The van der Waals surface area contributed by atoms with E-state index in [0.717, 1.165) is 0 Å². The molecule has 0 aliphatic heterocycles. The van der Waals surface area contributed by atoms with Gasteiger partial charge in [0.2, 0.25) is 9.84 Å². The van der Waals surface area contributed by atoms with Crippen molar-refractivity contribution >= 4 is 22.3 Å². The van der Waals surface area contributed by atoms with Crippen LogP contribution < -0.4 is 4.74 Å². The zero-order valence-electron chi connectivity index (χ0n) is 10.6. The zero-order valence-corrected chi connectivity index (χ0v) is 11.4. The number of ether oxygens (including phenoxy) is 1. The first-order valence-corrected chi connectivity index (χ1v) is 7.22. The summed E-state index contributed by atoms with van der Waals surface area (Å²) in [6, 6.07) is 10.2. The number of carboxylic acids is 1. The molecule has 6 nitrogen and oxygen atoms in total. The lowest BCUT2D eigenvalue weighted by atomic mass is 10.2. The Morgan fingerprint density at radius 3 is 1.86 bits per heavy atom. The van der Waals surface area contributed by atoms with E-state index in [4.69, 9.17) is 5.11 Å². The van der Waals surface area contributed by atoms with Crippen molar-refractivity contribution in [3.05, 3.63) is 54.1 Å². The van der Waals surface area contributed by atoms with E-state index in [-0.39, 0.29) is 27.6 Å². The molecule has 0 saturated carbocycles. The number of carbonyl (C=O) groups is 2. The molecule has 0 amide bonds. The van der Waals surface area contributed by atoms with Crippen LogP contribution in [0.3, 0.4) is 0 Å². The van der Waals surface area contributed by atoms with Crippen molar-refractivity contribution in [3.8, 4) is 5.75 Å². The number of carboxylic acid groups (broad SMARTS) is 1. The molecule has 0 saturated heterocycles. The lowest BCUT2D eigenvalue weighted by Gasteiger charge is -2.06. The number of hydrogen-bond acceptors (Lipinski definition) is 5. The van der Waals surface area contributed by atoms with Gasteiger partial charge in [0, 0.05) is 0 Å². The van der Waals surface area contributed by atoms with E-state index in [0.29, 0.717) is 0 Å². The normalized spacial score (nSPS) is 10.9. The predicted octanol–water partition coefficient (Wildman–Crippen LogP) is 1.75. The smallest absolute Gasteiger partial charge is 0.335 e. The van der Waals surface area contributed by atoms with E-state index >= 15 is 0 Å². The Hall–Kier alpha value is -2.67. The highest BCUT2D eigenvalue weighted by atomic mass is 32.2. The largest absolute Gasteiger partial charge is 0.478 e. The molecule has 0 atom stereocenters. The van der Waals surface area contributed by atoms with Crippen molar-refractivity contribution in [2.24, 2.45) is 0 Å². The van der Waals surface area contributed by atoms with Gasteiger partial charge in [-0.3, -0.25) is 4.79 Å². The molecule has 7 heteroatoms. The fourth-order valence-corrected chi connectivity index (χ4v) is 2.93. The number of rotatable bonds is 5. The van der Waals surface area contributed by atoms with Crippen molar-refractivity contribution in [3.63, 3.8) is 0 Å². The second-order valence-corrected chi connectivity index (χ2v) is 5.97. The summed E-state index contributed by atoms with van der Waals surface area (Å²) in [6.07, 6.45) is 0. The van der Waals surface area contributed by atoms with Crippen LogP contribution in [0.25, 0.3) is 0 Å². The van der Waals surface area contributed by atoms with Gasteiger partial charge in [0.15, 0.2) is 0 Å². The van der Waals surface area contributed by atoms with Gasteiger partial charge >= 0.3 is 5.97 Å². The maximum Gasteiger partial charge on any atom is 0.335 e. The third-order valence-electron chi connectivity index (χ3n) is 2.73. The SMILES string of the molecule is O=COc1ccc(S(=O)(=O)c2ccc(C(=O)O)cc2)cc1. The maximum atomic E-state index is 12.3. The van der Waals surface area contributed by atoms with E-state index < -0.39 is 15.8 Å². The molecular weight excluding hydrogens is 296 g/mol. The highest BCUT2D eigenvalue weighted by Gasteiger charge is 2.18. The molecule has 21 heavy (non-hydrogen) atoms. The molecule has 2 rings (SSSR count). The maximum absolute atomic E-state index is 12.3. The van der Waals surface area contributed by atoms with E-state index in [9.17, 15) is 18.0 Å². The molecule has 0 radical (unpaired) electrons. The average molecular weight is 306 g/mol. The van der Waals surface area contributed by atoms with E-state index in [1.165, 1.54) is 48.5 Å². The minimum atomic E-state index is -3.75. The Labute approximate surface area is 120 Å². The standard InChI is InChI=1S/C14H10O6S/c15-9-20-11-3-7-13(8-4-11)21(18,19)12-5-1-10(2-6-12)14(16)17/h1-9H,(H,16,17). The third kappa shape index (κ3) is 3.09. The van der Waals surface area contributed by atoms with Crippen molar-refractivity contribution in [1.82, 2.24) is 0 Å². The molecule has 0 bridgehead atoms. The van der Waals surface area contributed by atoms with Crippen molar-refractivity contribution in [2.45, 2.75) is 9.79 Å². The van der Waals surface area contributed by atoms with Gasteiger partial charge in [-0.2, -0.15) is 0 Å². The predicted molar refractivity (Wildman–Crippen MR) is 72.0 cm³/mol. The minimum Gasteiger partial charge on any atom is -0.478 e. The summed E-state index contributed by atoms with van der Waals surface area (Å²) in [6.45, 7) is 0.244. The molecule has 1 N–H and O–H groups in total. The molecule has 0 aromatic heterocycles. The van der Waals surface area contributed by atoms with E-state index in [2.05, 4.69) is 4.74 Å². The highest BCUT2D eigenvalue weighted by molar-refractivity contribution is 7.91. The molecule has 0 unspecified atom stereocenters. The molecule has 0 aliphatic carbocycles. The van der Waals surface area contributed by atoms with Crippen LogP contribution in [0.15, 0.2) is 58.3 Å². The number of hydrogen-bond donors (Lipinski definition) is 1. The van der Waals surface area contributed by atoms with Gasteiger partial charge in [-0.25, -0.2) is 13.2 Å². The molecule has 0 fully saturated rings. The minimum absolute atomic E-state index is 0.00341. The van der Waals surface area contributed by atoms with Gasteiger partial charge in [0.1, 0.15) is 5.75 Å². The van der Waals surface area contributed by atoms with Crippen LogP contribution in [-0.4, -0.2) is 26.0 Å². The first kappa shape index (κ1) is 14.7. The van der Waals surface area contributed by atoms with Crippen LogP contribution in [0.1, 0.15) is 10.4 Å². The number of benzene rings is 2. The monoisotopic (exact) mass is 306 g/mol. The topological polar surface area (TPSA) is 97.7 Å². The zero-order chi connectivity index (χ0) is 15.5. The van der Waals surface area contributed by atoms with Gasteiger partial charge in [-0.05, 0) is 48.5 Å². The summed E-state index contributed by atoms with van der Waals surface area (Å²) < 4.78 is 29.2. The van der Waals surface area contributed by atoms with Gasteiger partial charge in [0.25, 0.3) is 6.47 Å². The number of sulfone groups is 1. The van der Waals surface area contributed by atoms with Crippen molar-refractivity contribution in [2.75, 3.05) is 0 Å². The first-order valence-electron chi connectivity index (χ1n) is 5.74. The van der Waals surface area contributed by atoms with E-state index in [1.54, 1.807) is 0 Å². The summed E-state index contributed by atoms with van der Waals surface area (Å²) in [5.74, 6) is -0.903.